The third kappa shape index (κ3) is 9.55. The summed E-state index contributed by atoms with van der Waals surface area (Å²) in [7, 11) is 5.71. The number of nitrogens with one attached hydrogen (secondary N) is 2. The summed E-state index contributed by atoms with van der Waals surface area (Å²) >= 11 is 0.382. The van der Waals surface area contributed by atoms with Gasteiger partial charge in [0.15, 0.2) is 7.14 Å². The molecule has 269 valence electrons. The molecule has 3 nitrogen and oxygen atoms in total. The van der Waals surface area contributed by atoms with Gasteiger partial charge in [-0.25, -0.2) is 0 Å². The topological polar surface area (TPSA) is 41.1 Å². The van der Waals surface area contributed by atoms with Gasteiger partial charge in [0.25, 0.3) is 0 Å². The predicted molar refractivity (Wildman–Crippen MR) is 222 cm³/mol. The van der Waals surface area contributed by atoms with E-state index in [2.05, 4.69) is 114 Å². The van der Waals surface area contributed by atoms with Crippen molar-refractivity contribution >= 4 is 67.2 Å². The van der Waals surface area contributed by atoms with Crippen molar-refractivity contribution in [2.75, 3.05) is 0 Å². The van der Waals surface area contributed by atoms with E-state index in [1.54, 1.807) is 0 Å². The Hall–Kier alpha value is -3.01. The van der Waals surface area contributed by atoms with E-state index >= 15 is 4.57 Å². The third-order valence-electron chi connectivity index (χ3n) is 9.71. The molecule has 1 saturated carbocycles. The van der Waals surface area contributed by atoms with E-state index in [-0.39, 0.29) is 0 Å². The van der Waals surface area contributed by atoms with Crippen molar-refractivity contribution < 1.29 is 17.5 Å². The van der Waals surface area contributed by atoms with Crippen LogP contribution in [-0.4, -0.2) is 12.1 Å². The molecule has 1 aliphatic carbocycles. The van der Waals surface area contributed by atoms with Crippen LogP contribution < -0.4 is 42.5 Å². The number of benzene rings is 6. The molecule has 0 unspecified atom stereocenters. The summed E-state index contributed by atoms with van der Waals surface area (Å²) < 4.78 is 15.3. The number of rotatable bonds is 12. The van der Waals surface area contributed by atoms with E-state index in [1.165, 1.54) is 34.3 Å². The van der Waals surface area contributed by atoms with Gasteiger partial charge in [0, 0.05) is 41.1 Å². The van der Waals surface area contributed by atoms with Crippen LogP contribution in [0.3, 0.4) is 0 Å². The number of halogens is 2. The van der Waals surface area contributed by atoms with Gasteiger partial charge in [0.1, 0.15) is 0 Å². The van der Waals surface area contributed by atoms with Crippen LogP contribution in [0.5, 0.6) is 0 Å². The zero-order valence-corrected chi connectivity index (χ0v) is 33.3. The molecular formula is C44H44Cl2CoN2OP2. The van der Waals surface area contributed by atoms with Crippen molar-refractivity contribution in [2.24, 2.45) is 0 Å². The van der Waals surface area contributed by atoms with Crippen LogP contribution in [0.2, 0.25) is 0 Å². The second-order valence-electron chi connectivity index (χ2n) is 12.9. The summed E-state index contributed by atoms with van der Waals surface area (Å²) in [5, 5.41) is 14.8. The minimum absolute atomic E-state index is 0.326. The van der Waals surface area contributed by atoms with E-state index in [1.807, 2.05) is 66.7 Å². The molecule has 0 spiro atoms. The quantitative estimate of drug-likeness (QED) is 0.122. The zero-order valence-electron chi connectivity index (χ0n) is 29.0. The second-order valence-corrected chi connectivity index (χ2v) is 19.5. The van der Waals surface area contributed by atoms with E-state index in [9.17, 15) is 0 Å². The molecule has 1 fully saturated rings. The summed E-state index contributed by atoms with van der Waals surface area (Å²) in [6.07, 6.45) is 4.71. The Balaban J connectivity index is 0.00000150. The van der Waals surface area contributed by atoms with Crippen LogP contribution in [0.25, 0.3) is 0 Å². The predicted octanol–water partition coefficient (Wildman–Crippen LogP) is 8.65. The minimum atomic E-state index is -3.07. The third-order valence-corrected chi connectivity index (χ3v) is 15.4. The van der Waals surface area contributed by atoms with Crippen LogP contribution in [0.4, 0.5) is 0 Å². The van der Waals surface area contributed by atoms with Crippen LogP contribution in [-0.2, 0) is 30.5 Å². The fraction of sp³-hybridized carbons (Fsp3) is 0.182. The van der Waals surface area contributed by atoms with Crippen molar-refractivity contribution in [1.82, 2.24) is 10.6 Å². The molecule has 0 bridgehead atoms. The zero-order chi connectivity index (χ0) is 36.0. The molecular weight excluding hydrogens is 764 g/mol. The average molecular weight is 809 g/mol. The van der Waals surface area contributed by atoms with Crippen molar-refractivity contribution in [3.63, 3.8) is 0 Å². The summed E-state index contributed by atoms with van der Waals surface area (Å²) in [6, 6.07) is 59.9. The summed E-state index contributed by atoms with van der Waals surface area (Å²) in [5.41, 5.74) is 2.47. The maximum absolute atomic E-state index is 15.3. The van der Waals surface area contributed by atoms with E-state index in [4.69, 9.17) is 20.3 Å². The molecule has 2 N–H and O–H groups in total. The van der Waals surface area contributed by atoms with Gasteiger partial charge in [-0.15, -0.1) is 0 Å². The van der Waals surface area contributed by atoms with Crippen molar-refractivity contribution in [2.45, 2.75) is 50.9 Å². The Labute approximate surface area is 325 Å². The standard InChI is InChI=1S/C44H44N2OP2.2ClH.Co/c47-49(39-25-9-3-10-26-39,40-27-11-4-12-28-40)44-32-18-14-20-36(44)34-46-42-30-16-15-29-41(42)45-33-35-19-13-17-31-43(35)48(37-21-5-1-6-22-37)38-23-7-2-8-24-38;;;/h1-14,17-28,31-32,41-42,45-46H,15-16,29-30,33-34H2;2*1H;/q;;;+2/p-2/t41-,42-;;;/m1.../s1. The molecule has 1 aliphatic rings. The first-order valence-electron chi connectivity index (χ1n) is 17.7. The van der Waals surface area contributed by atoms with E-state index in [0.29, 0.717) is 31.5 Å². The Morgan fingerprint density at radius 2 is 0.923 bits per heavy atom. The fourth-order valence-corrected chi connectivity index (χ4v) is 12.6. The Bertz CT molecular complexity index is 1920. The molecule has 8 heteroatoms. The SMILES string of the molecule is O=P(c1ccccc1)(c1ccccc1)c1ccccc1CN[C@@H]1CCCC[C@H]1NCc1ccccc1P(c1ccccc1)c1ccccc1.[Cl][Co][Cl]. The van der Waals surface area contributed by atoms with Gasteiger partial charge in [-0.1, -0.05) is 183 Å². The molecule has 7 rings (SSSR count). The molecule has 0 heterocycles. The van der Waals surface area contributed by atoms with Gasteiger partial charge < -0.3 is 15.2 Å². The Kier molecular flexibility index (Phi) is 14.8. The van der Waals surface area contributed by atoms with Crippen LogP contribution in [0.15, 0.2) is 170 Å². The molecule has 0 amide bonds. The summed E-state index contributed by atoms with van der Waals surface area (Å²) in [5.74, 6) is 0. The first kappa shape index (κ1) is 38.7. The average Bonchev–Trinajstić information content (AvgIpc) is 3.22. The maximum atomic E-state index is 15.3. The van der Waals surface area contributed by atoms with Crippen LogP contribution in [0, 0.1) is 0 Å². The van der Waals surface area contributed by atoms with Gasteiger partial charge in [-0.05, 0) is 47.8 Å². The van der Waals surface area contributed by atoms with Gasteiger partial charge in [-0.3, -0.25) is 0 Å². The molecule has 2 atom stereocenters. The van der Waals surface area contributed by atoms with E-state index in [0.717, 1.165) is 40.9 Å². The molecule has 0 aromatic heterocycles. The molecule has 0 radical (unpaired) electrons. The van der Waals surface area contributed by atoms with Crippen molar-refractivity contribution in [3.8, 4) is 0 Å². The normalized spacial score (nSPS) is 15.9. The van der Waals surface area contributed by atoms with Crippen LogP contribution in [0.1, 0.15) is 36.8 Å². The van der Waals surface area contributed by atoms with Crippen molar-refractivity contribution in [3.05, 3.63) is 181 Å². The first-order chi connectivity index (χ1) is 25.6. The molecule has 6 aromatic rings. The Morgan fingerprint density at radius 3 is 1.42 bits per heavy atom. The number of hydrogen-bond acceptors (Lipinski definition) is 3. The number of hydrogen-bond donors (Lipinski definition) is 2. The molecule has 6 aromatic carbocycles. The van der Waals surface area contributed by atoms with Crippen molar-refractivity contribution in [1.29, 1.82) is 0 Å². The summed E-state index contributed by atoms with van der Waals surface area (Å²) in [4.78, 5) is 0. The molecule has 0 saturated heterocycles. The van der Waals surface area contributed by atoms with Crippen LogP contribution >= 0.6 is 35.4 Å². The first-order valence-corrected chi connectivity index (χ1v) is 23.6. The van der Waals surface area contributed by atoms with Gasteiger partial charge >= 0.3 is 33.2 Å². The van der Waals surface area contributed by atoms with Gasteiger partial charge in [0.05, 0.1) is 0 Å². The van der Waals surface area contributed by atoms with Gasteiger partial charge in [0.2, 0.25) is 0 Å². The second kappa shape index (κ2) is 19.9. The fourth-order valence-electron chi connectivity index (χ4n) is 7.23. The Morgan fingerprint density at radius 1 is 0.538 bits per heavy atom. The van der Waals surface area contributed by atoms with E-state index < -0.39 is 15.1 Å². The summed E-state index contributed by atoms with van der Waals surface area (Å²) in [6.45, 7) is 1.50. The molecule has 0 aliphatic heterocycles. The van der Waals surface area contributed by atoms with Gasteiger partial charge in [-0.2, -0.15) is 0 Å². The monoisotopic (exact) mass is 807 g/mol. The molecule has 52 heavy (non-hydrogen) atoms.